The fourth-order valence-corrected chi connectivity index (χ4v) is 0.385. The fraction of sp³-hybridized carbons (Fsp3) is 0.667. The van der Waals surface area contributed by atoms with Crippen LogP contribution in [0.25, 0.3) is 0 Å². The summed E-state index contributed by atoms with van der Waals surface area (Å²) in [5, 5.41) is 7.89. The van der Waals surface area contributed by atoms with Crippen molar-refractivity contribution in [2.24, 2.45) is 0 Å². The number of hydrogen-bond acceptors (Lipinski definition) is 1. The topological polar surface area (TPSA) is 37.3 Å². The SMILES string of the molecule is C=C(C)C(=O)O.CC(F)(F)C(F)(F)C(C)(F)F. The number of carbonyl (C=O) groups is 1. The van der Waals surface area contributed by atoms with Crippen LogP contribution < -0.4 is 0 Å². The molecule has 0 aromatic rings. The summed E-state index contributed by atoms with van der Waals surface area (Å²) < 4.78 is 70.9. The third-order valence-corrected chi connectivity index (χ3v) is 1.47. The highest BCUT2D eigenvalue weighted by molar-refractivity contribution is 5.84. The van der Waals surface area contributed by atoms with E-state index in [0.717, 1.165) is 0 Å². The van der Waals surface area contributed by atoms with E-state index < -0.39 is 23.7 Å². The number of carboxylic acid groups (broad SMARTS) is 1. The molecule has 0 saturated carbocycles. The third kappa shape index (κ3) is 5.60. The molecule has 2 nitrogen and oxygen atoms in total. The van der Waals surface area contributed by atoms with E-state index in [-0.39, 0.29) is 19.4 Å². The van der Waals surface area contributed by atoms with Crippen LogP contribution in [0, 0.1) is 0 Å². The molecular formula is C9H12F6O2. The van der Waals surface area contributed by atoms with Crippen molar-refractivity contribution in [1.82, 2.24) is 0 Å². The molecule has 0 aliphatic rings. The van der Waals surface area contributed by atoms with Crippen molar-refractivity contribution in [3.63, 3.8) is 0 Å². The average Bonchev–Trinajstić information content (AvgIpc) is 2.00. The van der Waals surface area contributed by atoms with Crippen LogP contribution in [-0.4, -0.2) is 28.8 Å². The number of alkyl halides is 6. The van der Waals surface area contributed by atoms with Gasteiger partial charge in [0.15, 0.2) is 0 Å². The van der Waals surface area contributed by atoms with Crippen LogP contribution in [0.5, 0.6) is 0 Å². The lowest BCUT2D eigenvalue weighted by Crippen LogP contribution is -2.50. The van der Waals surface area contributed by atoms with Crippen molar-refractivity contribution in [3.8, 4) is 0 Å². The van der Waals surface area contributed by atoms with E-state index in [9.17, 15) is 31.1 Å². The average molecular weight is 266 g/mol. The Morgan fingerprint density at radius 2 is 1.18 bits per heavy atom. The first-order valence-electron chi connectivity index (χ1n) is 4.17. The van der Waals surface area contributed by atoms with Gasteiger partial charge in [0, 0.05) is 19.4 Å². The van der Waals surface area contributed by atoms with Gasteiger partial charge in [0.05, 0.1) is 0 Å². The Bertz CT molecular complexity index is 259. The van der Waals surface area contributed by atoms with Crippen molar-refractivity contribution in [1.29, 1.82) is 0 Å². The molecule has 102 valence electrons. The maximum Gasteiger partial charge on any atom is 0.371 e. The molecule has 0 aromatic carbocycles. The van der Waals surface area contributed by atoms with E-state index in [1.807, 2.05) is 0 Å². The van der Waals surface area contributed by atoms with Crippen molar-refractivity contribution in [3.05, 3.63) is 12.2 Å². The first kappa shape index (κ1) is 18.2. The molecule has 0 bridgehead atoms. The van der Waals surface area contributed by atoms with Crippen LogP contribution in [-0.2, 0) is 4.79 Å². The maximum absolute atomic E-state index is 11.9. The van der Waals surface area contributed by atoms with Crippen LogP contribution in [0.15, 0.2) is 12.2 Å². The predicted molar refractivity (Wildman–Crippen MR) is 48.6 cm³/mol. The second kappa shape index (κ2) is 5.42. The van der Waals surface area contributed by atoms with E-state index in [1.165, 1.54) is 6.92 Å². The highest BCUT2D eigenvalue weighted by Gasteiger charge is 2.66. The number of hydrogen-bond donors (Lipinski definition) is 1. The third-order valence-electron chi connectivity index (χ3n) is 1.47. The molecule has 0 aliphatic heterocycles. The van der Waals surface area contributed by atoms with Crippen LogP contribution in [0.1, 0.15) is 20.8 Å². The summed E-state index contributed by atoms with van der Waals surface area (Å²) in [6, 6.07) is 0. The Morgan fingerprint density at radius 3 is 1.18 bits per heavy atom. The molecule has 0 saturated heterocycles. The summed E-state index contributed by atoms with van der Waals surface area (Å²) in [7, 11) is 0. The minimum absolute atomic E-state index is 0.176. The second-order valence-electron chi connectivity index (χ2n) is 3.44. The first-order chi connectivity index (χ1) is 7.14. The molecule has 0 spiro atoms. The van der Waals surface area contributed by atoms with Gasteiger partial charge in [-0.05, 0) is 6.92 Å². The minimum Gasteiger partial charge on any atom is -0.478 e. The molecule has 0 amide bonds. The monoisotopic (exact) mass is 266 g/mol. The summed E-state index contributed by atoms with van der Waals surface area (Å²) in [4.78, 5) is 9.60. The smallest absolute Gasteiger partial charge is 0.371 e. The van der Waals surface area contributed by atoms with Gasteiger partial charge in [-0.25, -0.2) is 4.79 Å². The van der Waals surface area contributed by atoms with E-state index in [4.69, 9.17) is 5.11 Å². The predicted octanol–water partition coefficient (Wildman–Crippen LogP) is 3.58. The van der Waals surface area contributed by atoms with Gasteiger partial charge in [-0.1, -0.05) is 6.58 Å². The molecule has 0 aromatic heterocycles. The summed E-state index contributed by atoms with van der Waals surface area (Å²) >= 11 is 0. The molecular weight excluding hydrogens is 254 g/mol. The molecule has 1 N–H and O–H groups in total. The zero-order chi connectivity index (χ0) is 14.7. The van der Waals surface area contributed by atoms with Gasteiger partial charge in [0.2, 0.25) is 0 Å². The Labute approximate surface area is 93.9 Å². The Kier molecular flexibility index (Phi) is 5.79. The van der Waals surface area contributed by atoms with Gasteiger partial charge in [-0.15, -0.1) is 0 Å². The summed E-state index contributed by atoms with van der Waals surface area (Å²) in [6.07, 6.45) is 0. The highest BCUT2D eigenvalue weighted by atomic mass is 19.3. The van der Waals surface area contributed by atoms with Gasteiger partial charge in [0.1, 0.15) is 0 Å². The molecule has 0 unspecified atom stereocenters. The molecule has 0 heterocycles. The summed E-state index contributed by atoms with van der Waals surface area (Å²) in [5.74, 6) is -15.6. The van der Waals surface area contributed by atoms with Crippen LogP contribution >= 0.6 is 0 Å². The van der Waals surface area contributed by atoms with Crippen molar-refractivity contribution in [2.45, 2.75) is 38.5 Å². The van der Waals surface area contributed by atoms with E-state index in [2.05, 4.69) is 6.58 Å². The van der Waals surface area contributed by atoms with Crippen LogP contribution in [0.2, 0.25) is 0 Å². The molecule has 0 rings (SSSR count). The van der Waals surface area contributed by atoms with Gasteiger partial charge in [-0.3, -0.25) is 0 Å². The lowest BCUT2D eigenvalue weighted by atomic mass is 10.1. The molecule has 0 radical (unpaired) electrons. The van der Waals surface area contributed by atoms with E-state index >= 15 is 0 Å². The van der Waals surface area contributed by atoms with Crippen molar-refractivity contribution in [2.75, 3.05) is 0 Å². The van der Waals surface area contributed by atoms with E-state index in [1.54, 1.807) is 0 Å². The highest BCUT2D eigenvalue weighted by Crippen LogP contribution is 2.44. The lowest BCUT2D eigenvalue weighted by molar-refractivity contribution is -0.295. The fourth-order valence-electron chi connectivity index (χ4n) is 0.385. The molecule has 17 heavy (non-hydrogen) atoms. The van der Waals surface area contributed by atoms with Crippen molar-refractivity contribution >= 4 is 5.97 Å². The Morgan fingerprint density at radius 1 is 1.00 bits per heavy atom. The molecule has 0 fully saturated rings. The largest absolute Gasteiger partial charge is 0.478 e. The Balaban J connectivity index is 0. The number of rotatable bonds is 3. The standard InChI is InChI=1S/C5H6F6.C4H6O2/c1-3(6,7)5(10,11)4(2,8)9;1-3(2)4(5)6/h1-2H3;1H2,2H3,(H,5,6). The van der Waals surface area contributed by atoms with Gasteiger partial charge < -0.3 is 5.11 Å². The zero-order valence-corrected chi connectivity index (χ0v) is 9.33. The van der Waals surface area contributed by atoms with Gasteiger partial charge >= 0.3 is 23.7 Å². The molecule has 8 heteroatoms. The minimum atomic E-state index is -5.29. The van der Waals surface area contributed by atoms with Crippen LogP contribution in [0.3, 0.4) is 0 Å². The quantitative estimate of drug-likeness (QED) is 0.626. The maximum atomic E-state index is 11.9. The Hall–Kier alpha value is -1.21. The molecule has 0 aliphatic carbocycles. The van der Waals surface area contributed by atoms with Gasteiger partial charge in [-0.2, -0.15) is 26.3 Å². The van der Waals surface area contributed by atoms with E-state index in [0.29, 0.717) is 0 Å². The van der Waals surface area contributed by atoms with Crippen LogP contribution in [0.4, 0.5) is 26.3 Å². The van der Waals surface area contributed by atoms with Gasteiger partial charge in [0.25, 0.3) is 0 Å². The lowest BCUT2D eigenvalue weighted by Gasteiger charge is -2.27. The molecule has 0 atom stereocenters. The number of carboxylic acids is 1. The van der Waals surface area contributed by atoms with Crippen molar-refractivity contribution < 1.29 is 36.2 Å². The number of aliphatic carboxylic acids is 1. The summed E-state index contributed by atoms with van der Waals surface area (Å²) in [5.41, 5.74) is 0.176. The zero-order valence-electron chi connectivity index (χ0n) is 9.33. The first-order valence-corrected chi connectivity index (χ1v) is 4.17. The summed E-state index contributed by atoms with van der Waals surface area (Å²) in [6.45, 7) is 4.11. The second-order valence-corrected chi connectivity index (χ2v) is 3.44. The number of halogens is 6. The normalized spacial score (nSPS) is 12.5.